The van der Waals surface area contributed by atoms with E-state index in [0.717, 1.165) is 30.0 Å². The molecule has 0 saturated heterocycles. The molecule has 0 radical (unpaired) electrons. The lowest BCUT2D eigenvalue weighted by Gasteiger charge is -2.07. The summed E-state index contributed by atoms with van der Waals surface area (Å²) in [5, 5.41) is 9.38. The van der Waals surface area contributed by atoms with Gasteiger partial charge in [0.05, 0.1) is 11.1 Å². The van der Waals surface area contributed by atoms with Crippen LogP contribution in [0.25, 0.3) is 0 Å². The number of rotatable bonds is 2. The van der Waals surface area contributed by atoms with Gasteiger partial charge in [0.2, 0.25) is 0 Å². The van der Waals surface area contributed by atoms with Crippen LogP contribution in [-0.2, 0) is 11.0 Å². The van der Waals surface area contributed by atoms with Crippen LogP contribution in [-0.4, -0.2) is 16.0 Å². The second-order valence-corrected chi connectivity index (χ2v) is 4.89. The first-order valence-corrected chi connectivity index (χ1v) is 6.31. The highest BCUT2D eigenvalue weighted by atomic mass is 32.2. The molecule has 0 spiro atoms. The highest BCUT2D eigenvalue weighted by molar-refractivity contribution is 8.13. The van der Waals surface area contributed by atoms with E-state index in [2.05, 4.69) is 11.8 Å². The predicted molar refractivity (Wildman–Crippen MR) is 67.7 cm³/mol. The molecule has 0 amide bonds. The van der Waals surface area contributed by atoms with Crippen molar-refractivity contribution in [2.45, 2.75) is 19.5 Å². The summed E-state index contributed by atoms with van der Waals surface area (Å²) in [6, 6.07) is 2.57. The van der Waals surface area contributed by atoms with Crippen LogP contribution >= 0.6 is 11.8 Å². The van der Waals surface area contributed by atoms with Gasteiger partial charge in [0.15, 0.2) is 5.12 Å². The highest BCUT2D eigenvalue weighted by Gasteiger charge is 2.30. The average molecular weight is 288 g/mol. The fourth-order valence-electron chi connectivity index (χ4n) is 1.22. The topological polar surface area (TPSA) is 37.3 Å². The fraction of sp³-hybridized carbons (Fsp3) is 0.308. The summed E-state index contributed by atoms with van der Waals surface area (Å²) >= 11 is 1.09. The number of halogens is 3. The molecule has 0 aliphatic carbocycles. The van der Waals surface area contributed by atoms with Crippen molar-refractivity contribution in [2.24, 2.45) is 0 Å². The number of hydrogen-bond acceptors (Lipinski definition) is 3. The van der Waals surface area contributed by atoms with Gasteiger partial charge in [-0.05, 0) is 18.2 Å². The minimum Gasteiger partial charge on any atom is -0.507 e. The lowest BCUT2D eigenvalue weighted by atomic mass is 10.1. The summed E-state index contributed by atoms with van der Waals surface area (Å²) in [7, 11) is 0. The van der Waals surface area contributed by atoms with Crippen molar-refractivity contribution in [1.82, 2.24) is 0 Å². The Labute approximate surface area is 113 Å². The van der Waals surface area contributed by atoms with E-state index < -0.39 is 11.7 Å². The molecule has 102 valence electrons. The lowest BCUT2D eigenvalue weighted by molar-refractivity contribution is -0.137. The van der Waals surface area contributed by atoms with Gasteiger partial charge in [-0.1, -0.05) is 23.6 Å². The predicted octanol–water partition coefficient (Wildman–Crippen LogP) is 3.43. The SMILES string of the molecule is CC(=O)SCCC#Cc1cc(C(F)(F)F)ccc1O. The number of thioether (sulfide) groups is 1. The van der Waals surface area contributed by atoms with Crippen LogP contribution in [0.3, 0.4) is 0 Å². The number of phenols is 1. The number of benzene rings is 1. The number of phenolic OH excluding ortho intramolecular Hbond substituents is 1. The largest absolute Gasteiger partial charge is 0.507 e. The summed E-state index contributed by atoms with van der Waals surface area (Å²) in [6.45, 7) is 1.43. The van der Waals surface area contributed by atoms with E-state index in [0.29, 0.717) is 12.2 Å². The third kappa shape index (κ3) is 5.26. The van der Waals surface area contributed by atoms with Crippen LogP contribution in [0.15, 0.2) is 18.2 Å². The van der Waals surface area contributed by atoms with Gasteiger partial charge in [0.25, 0.3) is 0 Å². The smallest absolute Gasteiger partial charge is 0.416 e. The molecule has 0 saturated carbocycles. The lowest BCUT2D eigenvalue weighted by Crippen LogP contribution is -2.04. The maximum Gasteiger partial charge on any atom is 0.416 e. The van der Waals surface area contributed by atoms with Crippen molar-refractivity contribution in [1.29, 1.82) is 0 Å². The zero-order valence-electron chi connectivity index (χ0n) is 10.0. The van der Waals surface area contributed by atoms with Crippen LogP contribution in [0, 0.1) is 11.8 Å². The second-order valence-electron chi connectivity index (χ2n) is 3.62. The first-order chi connectivity index (χ1) is 8.80. The zero-order chi connectivity index (χ0) is 14.5. The van der Waals surface area contributed by atoms with Crippen molar-refractivity contribution in [2.75, 3.05) is 5.75 Å². The molecule has 0 bridgehead atoms. The van der Waals surface area contributed by atoms with E-state index in [1.807, 2.05) is 0 Å². The monoisotopic (exact) mass is 288 g/mol. The van der Waals surface area contributed by atoms with Gasteiger partial charge in [-0.25, -0.2) is 0 Å². The average Bonchev–Trinajstić information content (AvgIpc) is 2.29. The molecule has 1 rings (SSSR count). The van der Waals surface area contributed by atoms with Crippen LogP contribution in [0.5, 0.6) is 5.75 Å². The highest BCUT2D eigenvalue weighted by Crippen LogP contribution is 2.31. The molecule has 0 heterocycles. The van der Waals surface area contributed by atoms with Crippen molar-refractivity contribution < 1.29 is 23.1 Å². The number of hydrogen-bond donors (Lipinski definition) is 1. The van der Waals surface area contributed by atoms with Gasteiger partial charge in [0.1, 0.15) is 5.75 Å². The third-order valence-electron chi connectivity index (χ3n) is 2.08. The summed E-state index contributed by atoms with van der Waals surface area (Å²) in [4.78, 5) is 10.6. The Morgan fingerprint density at radius 3 is 2.68 bits per heavy atom. The quantitative estimate of drug-likeness (QED) is 0.669. The van der Waals surface area contributed by atoms with Crippen molar-refractivity contribution in [3.63, 3.8) is 0 Å². The molecule has 0 fully saturated rings. The number of alkyl halides is 3. The van der Waals surface area contributed by atoms with Crippen molar-refractivity contribution in [3.8, 4) is 17.6 Å². The Hall–Kier alpha value is -1.61. The molecule has 0 aromatic heterocycles. The Kier molecular flexibility index (Phi) is 5.31. The van der Waals surface area contributed by atoms with E-state index in [-0.39, 0.29) is 16.4 Å². The van der Waals surface area contributed by atoms with Gasteiger partial charge >= 0.3 is 6.18 Å². The van der Waals surface area contributed by atoms with Gasteiger partial charge in [-0.15, -0.1) is 0 Å². The molecule has 0 unspecified atom stereocenters. The standard InChI is InChI=1S/C13H11F3O2S/c1-9(17)19-7-3-2-4-10-8-11(13(14,15)16)5-6-12(10)18/h5-6,8,18H,3,7H2,1H3. The Morgan fingerprint density at radius 2 is 2.11 bits per heavy atom. The zero-order valence-corrected chi connectivity index (χ0v) is 10.9. The molecule has 0 aliphatic heterocycles. The van der Waals surface area contributed by atoms with E-state index in [9.17, 15) is 23.1 Å². The van der Waals surface area contributed by atoms with Crippen molar-refractivity contribution >= 4 is 16.9 Å². The third-order valence-corrected chi connectivity index (χ3v) is 2.89. The second kappa shape index (κ2) is 6.53. The number of aromatic hydroxyl groups is 1. The van der Waals surface area contributed by atoms with Gasteiger partial charge < -0.3 is 5.11 Å². The van der Waals surface area contributed by atoms with Gasteiger partial charge in [-0.3, -0.25) is 4.79 Å². The molecule has 1 N–H and O–H groups in total. The Morgan fingerprint density at radius 1 is 1.42 bits per heavy atom. The molecular formula is C13H11F3O2S. The summed E-state index contributed by atoms with van der Waals surface area (Å²) in [5.41, 5.74) is -0.921. The summed E-state index contributed by atoms with van der Waals surface area (Å²) < 4.78 is 37.4. The van der Waals surface area contributed by atoms with E-state index in [1.54, 1.807) is 0 Å². The normalized spacial score (nSPS) is 10.7. The Balaban J connectivity index is 2.78. The van der Waals surface area contributed by atoms with Gasteiger partial charge in [0, 0.05) is 19.1 Å². The summed E-state index contributed by atoms with van der Waals surface area (Å²) in [5.74, 6) is 5.28. The molecule has 1 aromatic rings. The minimum absolute atomic E-state index is 0.0382. The molecule has 19 heavy (non-hydrogen) atoms. The number of carbonyl (C=O) groups excluding carboxylic acids is 1. The van der Waals surface area contributed by atoms with Crippen molar-refractivity contribution in [3.05, 3.63) is 29.3 Å². The first-order valence-electron chi connectivity index (χ1n) is 5.33. The van der Waals surface area contributed by atoms with E-state index in [4.69, 9.17) is 0 Å². The molecule has 1 aromatic carbocycles. The van der Waals surface area contributed by atoms with E-state index in [1.165, 1.54) is 6.92 Å². The molecule has 6 heteroatoms. The minimum atomic E-state index is -4.46. The van der Waals surface area contributed by atoms with Crippen LogP contribution in [0.1, 0.15) is 24.5 Å². The maximum absolute atomic E-state index is 12.5. The fourth-order valence-corrected chi connectivity index (χ4v) is 1.71. The molecular weight excluding hydrogens is 277 g/mol. The van der Waals surface area contributed by atoms with Crippen LogP contribution < -0.4 is 0 Å². The molecule has 2 nitrogen and oxygen atoms in total. The van der Waals surface area contributed by atoms with Gasteiger partial charge in [-0.2, -0.15) is 13.2 Å². The first kappa shape index (κ1) is 15.4. The molecule has 0 atom stereocenters. The Bertz CT molecular complexity index is 527. The molecule has 0 aliphatic rings. The van der Waals surface area contributed by atoms with Crippen LogP contribution in [0.4, 0.5) is 13.2 Å². The number of carbonyl (C=O) groups is 1. The summed E-state index contributed by atoms with van der Waals surface area (Å²) in [6.07, 6.45) is -4.10. The van der Waals surface area contributed by atoms with Crippen LogP contribution in [0.2, 0.25) is 0 Å². The van der Waals surface area contributed by atoms with E-state index >= 15 is 0 Å². The maximum atomic E-state index is 12.5.